The third kappa shape index (κ3) is 3.69. The Morgan fingerprint density at radius 2 is 1.61 bits per heavy atom. The van der Waals surface area contributed by atoms with Gasteiger partial charge in [-0.05, 0) is 17.7 Å². The summed E-state index contributed by atoms with van der Waals surface area (Å²) in [4.78, 5) is 0. The van der Waals surface area contributed by atoms with Crippen molar-refractivity contribution in [2.45, 2.75) is 18.6 Å². The van der Waals surface area contributed by atoms with Crippen LogP contribution in [0.3, 0.4) is 0 Å². The van der Waals surface area contributed by atoms with E-state index >= 15 is 0 Å². The summed E-state index contributed by atoms with van der Waals surface area (Å²) >= 11 is 0. The van der Waals surface area contributed by atoms with E-state index in [4.69, 9.17) is 11.5 Å². The number of nitrogen functional groups attached to an aromatic ring is 1. The third-order valence-electron chi connectivity index (χ3n) is 1.98. The molecule has 0 amide bonds. The summed E-state index contributed by atoms with van der Waals surface area (Å²) in [6.45, 7) is 0. The molecule has 3 nitrogen and oxygen atoms in total. The Labute approximate surface area is 97.3 Å². The third-order valence-corrected chi connectivity index (χ3v) is 1.98. The molecule has 0 saturated heterocycles. The van der Waals surface area contributed by atoms with E-state index < -0.39 is 35.6 Å². The van der Waals surface area contributed by atoms with Gasteiger partial charge in [0, 0.05) is 0 Å². The molecule has 0 bridgehead atoms. The van der Waals surface area contributed by atoms with Gasteiger partial charge < -0.3 is 16.2 Å². The Kier molecular flexibility index (Phi) is 3.65. The number of hydrogen-bond acceptors (Lipinski definition) is 3. The lowest BCUT2D eigenvalue weighted by Crippen LogP contribution is -2.28. The molecular weight excluding hydrogens is 266 g/mol. The number of benzene rings is 1. The van der Waals surface area contributed by atoms with Crippen LogP contribution in [0.5, 0.6) is 5.75 Å². The lowest BCUT2D eigenvalue weighted by Gasteiger charge is -2.18. The molecule has 4 N–H and O–H groups in total. The molecule has 0 unspecified atom stereocenters. The van der Waals surface area contributed by atoms with Crippen LogP contribution in [0.4, 0.5) is 32.0 Å². The molecule has 1 rings (SSSR count). The van der Waals surface area contributed by atoms with Crippen LogP contribution >= 0.6 is 0 Å². The van der Waals surface area contributed by atoms with Crippen LogP contribution in [0.1, 0.15) is 11.6 Å². The molecule has 0 aliphatic rings. The summed E-state index contributed by atoms with van der Waals surface area (Å²) in [6, 6.07) is -0.145. The van der Waals surface area contributed by atoms with E-state index in [0.717, 1.165) is 12.1 Å². The Hall–Kier alpha value is -1.64. The Morgan fingerprint density at radius 3 is 2.06 bits per heavy atom. The topological polar surface area (TPSA) is 61.3 Å². The lowest BCUT2D eigenvalue weighted by atomic mass is 10.1. The molecule has 0 aliphatic carbocycles. The Bertz CT molecular complexity index is 428. The zero-order chi connectivity index (χ0) is 14.1. The molecule has 0 spiro atoms. The predicted octanol–water partition coefficient (Wildman–Crippen LogP) is 2.73. The first kappa shape index (κ1) is 14.4. The van der Waals surface area contributed by atoms with Crippen LogP contribution in [0.25, 0.3) is 0 Å². The zero-order valence-corrected chi connectivity index (χ0v) is 8.64. The van der Waals surface area contributed by atoms with Crippen molar-refractivity contribution >= 4 is 5.69 Å². The highest BCUT2D eigenvalue weighted by Crippen LogP contribution is 2.35. The maximum absolute atomic E-state index is 12.3. The monoisotopic (exact) mass is 274 g/mol. The predicted molar refractivity (Wildman–Crippen MR) is 50.5 cm³/mol. The van der Waals surface area contributed by atoms with Gasteiger partial charge in [0.15, 0.2) is 5.75 Å². The summed E-state index contributed by atoms with van der Waals surface area (Å²) in [7, 11) is 0. The van der Waals surface area contributed by atoms with Crippen LogP contribution in [-0.2, 0) is 0 Å². The van der Waals surface area contributed by atoms with E-state index in [2.05, 4.69) is 4.74 Å². The molecule has 0 saturated carbocycles. The van der Waals surface area contributed by atoms with Crippen molar-refractivity contribution < 1.29 is 31.1 Å². The largest absolute Gasteiger partial charge is 0.573 e. The zero-order valence-electron chi connectivity index (χ0n) is 8.64. The number of ether oxygens (including phenoxy) is 1. The second-order valence-corrected chi connectivity index (χ2v) is 3.36. The van der Waals surface area contributed by atoms with Gasteiger partial charge in [0.05, 0.1) is 5.69 Å². The van der Waals surface area contributed by atoms with Crippen molar-refractivity contribution in [1.29, 1.82) is 0 Å². The van der Waals surface area contributed by atoms with Crippen LogP contribution in [0, 0.1) is 0 Å². The molecule has 0 aliphatic heterocycles. The fourth-order valence-corrected chi connectivity index (χ4v) is 1.15. The van der Waals surface area contributed by atoms with Crippen molar-refractivity contribution in [1.82, 2.24) is 0 Å². The second-order valence-electron chi connectivity index (χ2n) is 3.36. The van der Waals surface area contributed by atoms with E-state index in [1.807, 2.05) is 0 Å². The van der Waals surface area contributed by atoms with Gasteiger partial charge in [-0.25, -0.2) is 0 Å². The average Bonchev–Trinajstić information content (AvgIpc) is 2.17. The molecule has 1 aromatic carbocycles. The molecule has 9 heteroatoms. The second kappa shape index (κ2) is 4.56. The molecule has 102 valence electrons. The van der Waals surface area contributed by atoms with Crippen molar-refractivity contribution in [3.63, 3.8) is 0 Å². The minimum absolute atomic E-state index is 0.439. The summed E-state index contributed by atoms with van der Waals surface area (Å²) in [5.74, 6) is -0.917. The first-order valence-corrected chi connectivity index (χ1v) is 4.48. The highest BCUT2D eigenvalue weighted by atomic mass is 19.4. The molecule has 18 heavy (non-hydrogen) atoms. The van der Waals surface area contributed by atoms with Crippen LogP contribution < -0.4 is 16.2 Å². The first-order chi connectivity index (χ1) is 8.00. The molecule has 1 atom stereocenters. The van der Waals surface area contributed by atoms with Gasteiger partial charge in [0.25, 0.3) is 0 Å². The van der Waals surface area contributed by atoms with Gasteiger partial charge in [-0.2, -0.15) is 13.2 Å². The summed E-state index contributed by atoms with van der Waals surface area (Å²) in [5.41, 5.74) is 9.00. The number of nitrogens with two attached hydrogens (primary N) is 2. The highest BCUT2D eigenvalue weighted by molar-refractivity contribution is 5.54. The standard InChI is InChI=1S/C9H8F6N2O/c10-8(11,12)7(17)4-1-2-5(16)6(3-4)18-9(13,14)15/h1-3,7H,16-17H2/t7-/m1/s1. The molecule has 0 heterocycles. The molecule has 1 aromatic rings. The fraction of sp³-hybridized carbons (Fsp3) is 0.333. The Morgan fingerprint density at radius 1 is 1.06 bits per heavy atom. The molecule has 0 radical (unpaired) electrons. The molecular formula is C9H8F6N2O. The molecule has 0 aromatic heterocycles. The SMILES string of the molecule is Nc1ccc([C@@H](N)C(F)(F)F)cc1OC(F)(F)F. The maximum Gasteiger partial charge on any atom is 0.573 e. The summed E-state index contributed by atoms with van der Waals surface area (Å²) < 4.78 is 76.2. The number of alkyl halides is 6. The van der Waals surface area contributed by atoms with Crippen molar-refractivity contribution in [3.8, 4) is 5.75 Å². The van der Waals surface area contributed by atoms with E-state index in [0.29, 0.717) is 6.07 Å². The highest BCUT2D eigenvalue weighted by Gasteiger charge is 2.39. The number of halogens is 6. The Balaban J connectivity index is 3.08. The van der Waals surface area contributed by atoms with Gasteiger partial charge in [-0.1, -0.05) is 6.07 Å². The first-order valence-electron chi connectivity index (χ1n) is 4.48. The van der Waals surface area contributed by atoms with Crippen molar-refractivity contribution in [2.75, 3.05) is 5.73 Å². The van der Waals surface area contributed by atoms with Gasteiger partial charge in [0.2, 0.25) is 0 Å². The van der Waals surface area contributed by atoms with E-state index in [-0.39, 0.29) is 0 Å². The van der Waals surface area contributed by atoms with E-state index in [1.54, 1.807) is 0 Å². The van der Waals surface area contributed by atoms with Gasteiger partial charge in [-0.3, -0.25) is 0 Å². The average molecular weight is 274 g/mol. The summed E-state index contributed by atoms with van der Waals surface area (Å²) in [5, 5.41) is 0. The summed E-state index contributed by atoms with van der Waals surface area (Å²) in [6.07, 6.45) is -9.82. The number of hydrogen-bond donors (Lipinski definition) is 2. The normalized spacial score (nSPS) is 14.4. The van der Waals surface area contributed by atoms with Gasteiger partial charge in [0.1, 0.15) is 6.04 Å². The lowest BCUT2D eigenvalue weighted by molar-refractivity contribution is -0.274. The molecule has 0 fully saturated rings. The van der Waals surface area contributed by atoms with Crippen molar-refractivity contribution in [3.05, 3.63) is 23.8 Å². The fourth-order valence-electron chi connectivity index (χ4n) is 1.15. The smallest absolute Gasteiger partial charge is 0.404 e. The van der Waals surface area contributed by atoms with E-state index in [9.17, 15) is 26.3 Å². The van der Waals surface area contributed by atoms with E-state index in [1.165, 1.54) is 0 Å². The quantitative estimate of drug-likeness (QED) is 0.644. The number of anilines is 1. The van der Waals surface area contributed by atoms with Crippen LogP contribution in [0.2, 0.25) is 0 Å². The van der Waals surface area contributed by atoms with Crippen molar-refractivity contribution in [2.24, 2.45) is 5.73 Å². The minimum Gasteiger partial charge on any atom is -0.404 e. The minimum atomic E-state index is -5.05. The van der Waals surface area contributed by atoms with Crippen LogP contribution in [0.15, 0.2) is 18.2 Å². The number of rotatable bonds is 2. The van der Waals surface area contributed by atoms with Gasteiger partial charge >= 0.3 is 12.5 Å². The van der Waals surface area contributed by atoms with Gasteiger partial charge in [-0.15, -0.1) is 13.2 Å². The maximum atomic E-state index is 12.3. The van der Waals surface area contributed by atoms with Crippen LogP contribution in [-0.4, -0.2) is 12.5 Å².